The molecule has 2 nitrogen and oxygen atoms in total. The highest BCUT2D eigenvalue weighted by molar-refractivity contribution is 5.44. The topological polar surface area (TPSA) is 20.3 Å². The number of carbonyl (C=O) groups is 1. The molecule has 1 saturated heterocycles. The van der Waals surface area contributed by atoms with Gasteiger partial charge in [-0.15, -0.1) is 0 Å². The van der Waals surface area contributed by atoms with E-state index in [1.165, 1.54) is 26.4 Å². The maximum Gasteiger partial charge on any atom is 0.116 e. The third-order valence-corrected chi connectivity index (χ3v) is 1.87. The van der Waals surface area contributed by atoms with E-state index in [1.807, 2.05) is 0 Å². The molecule has 0 unspecified atom stereocenters. The van der Waals surface area contributed by atoms with E-state index in [9.17, 15) is 0 Å². The number of nitrogens with zero attached hydrogens (tertiary/aromatic N) is 1. The van der Waals surface area contributed by atoms with Gasteiger partial charge in [-0.05, 0) is 32.4 Å². The molecule has 1 rings (SSSR count). The zero-order valence-corrected chi connectivity index (χ0v) is 8.05. The second-order valence-electron chi connectivity index (χ2n) is 3.89. The van der Waals surface area contributed by atoms with Crippen molar-refractivity contribution in [3.8, 4) is 0 Å². The third-order valence-electron chi connectivity index (χ3n) is 1.87. The van der Waals surface area contributed by atoms with Crippen LogP contribution in [-0.4, -0.2) is 31.3 Å². The van der Waals surface area contributed by atoms with Gasteiger partial charge in [-0.2, -0.15) is 0 Å². The summed E-state index contributed by atoms with van der Waals surface area (Å²) in [6, 6.07) is 0. The lowest BCUT2D eigenvalue weighted by molar-refractivity contribution is -0.106. The fourth-order valence-corrected chi connectivity index (χ4v) is 1.38. The molecule has 1 heterocycles. The van der Waals surface area contributed by atoms with Gasteiger partial charge in [0, 0.05) is 7.97 Å². The summed E-state index contributed by atoms with van der Waals surface area (Å²) in [5, 5.41) is 0. The highest BCUT2D eigenvalue weighted by Gasteiger charge is 2.26. The zero-order valence-electron chi connectivity index (χ0n) is 8.05. The lowest BCUT2D eigenvalue weighted by Crippen LogP contribution is -2.18. The molecule has 0 saturated carbocycles. The Morgan fingerprint density at radius 1 is 1.55 bits per heavy atom. The number of carbonyl (C=O) groups excluding carboxylic acids is 1. The Hall–Kier alpha value is -0.370. The summed E-state index contributed by atoms with van der Waals surface area (Å²) < 4.78 is 0. The van der Waals surface area contributed by atoms with Gasteiger partial charge in [-0.1, -0.05) is 13.8 Å². The molecule has 0 atom stereocenters. The van der Waals surface area contributed by atoms with E-state index >= 15 is 0 Å². The Morgan fingerprint density at radius 3 is 2.09 bits per heavy atom. The van der Waals surface area contributed by atoms with Gasteiger partial charge in [0.05, 0.1) is 0 Å². The van der Waals surface area contributed by atoms with Crippen molar-refractivity contribution >= 4 is 6.29 Å². The number of aldehydes is 1. The highest BCUT2D eigenvalue weighted by Crippen LogP contribution is 2.26. The summed E-state index contributed by atoms with van der Waals surface area (Å²) in [6.07, 6.45) is 2.11. The molecule has 11 heavy (non-hydrogen) atoms. The summed E-state index contributed by atoms with van der Waals surface area (Å²) >= 11 is 0. The number of likely N-dealkylation sites (tertiary alicyclic amines) is 1. The lowest BCUT2D eigenvalue weighted by atomic mass is 9.93. The average molecular weight is 159 g/mol. The predicted molar refractivity (Wildman–Crippen MR) is 49.7 cm³/mol. The number of hydrogen-bond acceptors (Lipinski definition) is 2. The Labute approximate surface area is 71.1 Å². The molecule has 0 aliphatic carbocycles. The van der Waals surface area contributed by atoms with Crippen molar-refractivity contribution < 1.29 is 6.22 Å². The van der Waals surface area contributed by atoms with Gasteiger partial charge < -0.3 is 9.69 Å². The smallest absolute Gasteiger partial charge is 0.116 e. The molecule has 0 aromatic heterocycles. The minimum atomic E-state index is 0. The first-order chi connectivity index (χ1) is 5.02. The normalized spacial score (nSPS) is 22.2. The van der Waals surface area contributed by atoms with E-state index in [2.05, 4.69) is 25.8 Å². The summed E-state index contributed by atoms with van der Waals surface area (Å²) in [4.78, 5) is 11.2. The maximum atomic E-state index is 8.81. The third kappa shape index (κ3) is 4.96. The minimum absolute atomic E-state index is 0. The van der Waals surface area contributed by atoms with Crippen LogP contribution < -0.4 is 0 Å². The monoisotopic (exact) mass is 159 g/mol. The van der Waals surface area contributed by atoms with Crippen LogP contribution in [0.5, 0.6) is 0 Å². The van der Waals surface area contributed by atoms with Crippen LogP contribution in [0.15, 0.2) is 0 Å². The molecule has 0 aromatic rings. The molecule has 0 radical (unpaired) electrons. The molecular formula is C9H21NO. The molecule has 2 heteroatoms. The molecule has 0 spiro atoms. The van der Waals surface area contributed by atoms with E-state index in [4.69, 9.17) is 4.79 Å². The van der Waals surface area contributed by atoms with Crippen LogP contribution in [0.4, 0.5) is 0 Å². The van der Waals surface area contributed by atoms with Crippen molar-refractivity contribution in [1.29, 1.82) is 0 Å². The first-order valence-electron chi connectivity index (χ1n) is 4.10. The summed E-state index contributed by atoms with van der Waals surface area (Å²) in [6.45, 7) is 8.66. The van der Waals surface area contributed by atoms with Crippen LogP contribution in [0, 0.1) is 5.41 Å². The molecule has 0 aromatic carbocycles. The van der Waals surface area contributed by atoms with Crippen LogP contribution in [0.3, 0.4) is 0 Å². The number of hydrogen-bond donors (Lipinski definition) is 0. The fourth-order valence-electron chi connectivity index (χ4n) is 1.38. The van der Waals surface area contributed by atoms with E-state index in [0.29, 0.717) is 5.41 Å². The molecule has 1 aliphatic rings. The van der Waals surface area contributed by atoms with Gasteiger partial charge >= 0.3 is 0 Å². The van der Waals surface area contributed by atoms with E-state index in [1.54, 1.807) is 0 Å². The van der Waals surface area contributed by atoms with Crippen molar-refractivity contribution in [1.82, 2.24) is 4.90 Å². The van der Waals surface area contributed by atoms with Crippen LogP contribution >= 0.6 is 0 Å². The summed E-state index contributed by atoms with van der Waals surface area (Å²) in [7, 11) is 2.19. The molecule has 1 aliphatic heterocycles. The van der Waals surface area contributed by atoms with Crippen LogP contribution in [-0.2, 0) is 4.79 Å². The van der Waals surface area contributed by atoms with E-state index < -0.39 is 0 Å². The largest absolute Gasteiger partial charge is 0.306 e. The molecular weight excluding hydrogens is 138 g/mol. The predicted octanol–water partition coefficient (Wildman–Crippen LogP) is 1.80. The Morgan fingerprint density at radius 2 is 2.00 bits per heavy atom. The van der Waals surface area contributed by atoms with Crippen molar-refractivity contribution in [2.45, 2.75) is 27.2 Å². The van der Waals surface area contributed by atoms with Crippen LogP contribution in [0.2, 0.25) is 0 Å². The molecule has 0 N–H and O–H groups in total. The molecule has 0 bridgehead atoms. The second kappa shape index (κ2) is 4.50. The van der Waals surface area contributed by atoms with Gasteiger partial charge in [-0.3, -0.25) is 0 Å². The Kier molecular flexibility index (Phi) is 4.34. The van der Waals surface area contributed by atoms with Crippen LogP contribution in [0.1, 0.15) is 28.6 Å². The van der Waals surface area contributed by atoms with Gasteiger partial charge in [0.25, 0.3) is 0 Å². The first kappa shape index (κ1) is 10.6. The maximum absolute atomic E-state index is 8.81. The van der Waals surface area contributed by atoms with Crippen molar-refractivity contribution in [2.24, 2.45) is 5.41 Å². The minimum Gasteiger partial charge on any atom is -0.306 e. The lowest BCUT2D eigenvalue weighted by Gasteiger charge is -2.15. The summed E-state index contributed by atoms with van der Waals surface area (Å²) in [5.41, 5.74) is 0.592. The van der Waals surface area contributed by atoms with Gasteiger partial charge in [0.1, 0.15) is 6.29 Å². The SMILES string of the molecule is CC=O.CN1CCC(C)(C)C1.[HH]. The Bertz CT molecular complexity index is 126. The standard InChI is InChI=1S/C7H15N.C2H4O.H2/c1-7(2)4-5-8(3)6-7;1-2-3;/h4-6H2,1-3H3;2H,1H3;1H. The molecule has 68 valence electrons. The molecule has 1 fully saturated rings. The van der Waals surface area contributed by atoms with Gasteiger partial charge in [-0.25, -0.2) is 0 Å². The second-order valence-corrected chi connectivity index (χ2v) is 3.89. The van der Waals surface area contributed by atoms with Crippen molar-refractivity contribution in [2.75, 3.05) is 20.1 Å². The highest BCUT2D eigenvalue weighted by atomic mass is 16.1. The molecule has 0 amide bonds. The number of rotatable bonds is 0. The van der Waals surface area contributed by atoms with Gasteiger partial charge in [0.2, 0.25) is 0 Å². The van der Waals surface area contributed by atoms with E-state index in [-0.39, 0.29) is 1.43 Å². The van der Waals surface area contributed by atoms with Crippen molar-refractivity contribution in [3.63, 3.8) is 0 Å². The fraction of sp³-hybridized carbons (Fsp3) is 0.889. The Balaban J connectivity index is 0. The van der Waals surface area contributed by atoms with Gasteiger partial charge in [0.15, 0.2) is 0 Å². The summed E-state index contributed by atoms with van der Waals surface area (Å²) in [5.74, 6) is 0. The first-order valence-corrected chi connectivity index (χ1v) is 4.10. The van der Waals surface area contributed by atoms with Crippen LogP contribution in [0.25, 0.3) is 0 Å². The average Bonchev–Trinajstić information content (AvgIpc) is 2.11. The zero-order chi connectivity index (χ0) is 8.91. The quantitative estimate of drug-likeness (QED) is 0.502. The van der Waals surface area contributed by atoms with E-state index in [0.717, 1.165) is 6.29 Å². The van der Waals surface area contributed by atoms with Crippen molar-refractivity contribution in [3.05, 3.63) is 0 Å².